The molecule has 0 fully saturated rings. The molecule has 0 unspecified atom stereocenters. The van der Waals surface area contributed by atoms with Gasteiger partial charge in [0.15, 0.2) is 0 Å². The first-order valence-electron chi connectivity index (χ1n) is 5.88. The number of aromatic nitrogens is 2. The SMILES string of the molecule is C=c1[nH]c2c(ccc3cc[nH]c32)/c1=C(Cl)/C=C(\C)Cl. The van der Waals surface area contributed by atoms with Crippen LogP contribution in [0.15, 0.2) is 35.5 Å². The molecule has 96 valence electrons. The molecule has 1 aromatic carbocycles. The number of nitrogens with one attached hydrogen (secondary N) is 2. The summed E-state index contributed by atoms with van der Waals surface area (Å²) in [6.45, 7) is 5.83. The summed E-state index contributed by atoms with van der Waals surface area (Å²) in [6, 6.07) is 6.14. The zero-order valence-electron chi connectivity index (χ0n) is 10.3. The number of aromatic amines is 2. The third kappa shape index (κ3) is 1.97. The van der Waals surface area contributed by atoms with Gasteiger partial charge in [0.2, 0.25) is 0 Å². The second-order valence-electron chi connectivity index (χ2n) is 4.49. The van der Waals surface area contributed by atoms with Crippen molar-refractivity contribution in [1.29, 1.82) is 0 Å². The van der Waals surface area contributed by atoms with E-state index in [0.29, 0.717) is 10.1 Å². The maximum atomic E-state index is 6.34. The van der Waals surface area contributed by atoms with Crippen molar-refractivity contribution in [2.24, 2.45) is 0 Å². The molecule has 0 aliphatic heterocycles. The van der Waals surface area contributed by atoms with Gasteiger partial charge in [-0.3, -0.25) is 0 Å². The van der Waals surface area contributed by atoms with Crippen molar-refractivity contribution in [3.05, 3.63) is 46.1 Å². The highest BCUT2D eigenvalue weighted by Gasteiger charge is 2.07. The fourth-order valence-electron chi connectivity index (χ4n) is 2.36. The molecule has 0 atom stereocenters. The molecule has 4 heteroatoms. The van der Waals surface area contributed by atoms with Crippen LogP contribution < -0.4 is 10.6 Å². The molecule has 2 aromatic heterocycles. The van der Waals surface area contributed by atoms with E-state index >= 15 is 0 Å². The van der Waals surface area contributed by atoms with E-state index in [9.17, 15) is 0 Å². The van der Waals surface area contributed by atoms with Crippen molar-refractivity contribution < 1.29 is 0 Å². The zero-order valence-corrected chi connectivity index (χ0v) is 11.9. The fraction of sp³-hybridized carbons (Fsp3) is 0.0667. The first kappa shape index (κ1) is 12.4. The van der Waals surface area contributed by atoms with Crippen molar-refractivity contribution in [3.8, 4) is 0 Å². The van der Waals surface area contributed by atoms with Crippen molar-refractivity contribution in [2.75, 3.05) is 0 Å². The van der Waals surface area contributed by atoms with E-state index in [1.807, 2.05) is 18.3 Å². The van der Waals surface area contributed by atoms with Crippen LogP contribution in [0.3, 0.4) is 0 Å². The number of halogens is 2. The van der Waals surface area contributed by atoms with Crippen LogP contribution in [0.5, 0.6) is 0 Å². The lowest BCUT2D eigenvalue weighted by atomic mass is 10.1. The minimum Gasteiger partial charge on any atom is -0.359 e. The Balaban J connectivity index is 2.54. The zero-order chi connectivity index (χ0) is 13.6. The first-order valence-corrected chi connectivity index (χ1v) is 6.64. The molecule has 0 amide bonds. The standard InChI is InChI=1S/C15H12Cl2N2/c1-8(16)7-12(17)13-9(2)19-15-11(13)4-3-10-5-6-18-14(10)15/h3-7,18-19H,2H2,1H3/b8-7+,13-12-. The normalized spacial score (nSPS) is 14.4. The van der Waals surface area contributed by atoms with E-state index in [0.717, 1.165) is 32.4 Å². The van der Waals surface area contributed by atoms with Crippen LogP contribution in [-0.4, -0.2) is 9.97 Å². The highest BCUT2D eigenvalue weighted by Crippen LogP contribution is 2.20. The van der Waals surface area contributed by atoms with Crippen LogP contribution in [0, 0.1) is 0 Å². The number of H-pyrrole nitrogens is 2. The van der Waals surface area contributed by atoms with Crippen LogP contribution in [0.2, 0.25) is 0 Å². The summed E-state index contributed by atoms with van der Waals surface area (Å²) < 4.78 is 0. The summed E-state index contributed by atoms with van der Waals surface area (Å²) >= 11 is 12.2. The molecular formula is C15H12Cl2N2. The highest BCUT2D eigenvalue weighted by atomic mass is 35.5. The Morgan fingerprint density at radius 2 is 2.00 bits per heavy atom. The van der Waals surface area contributed by atoms with Gasteiger partial charge in [-0.15, -0.1) is 0 Å². The molecule has 0 bridgehead atoms. The molecule has 0 aliphatic carbocycles. The number of fused-ring (bicyclic) bond motifs is 3. The second-order valence-corrected chi connectivity index (χ2v) is 5.49. The van der Waals surface area contributed by atoms with E-state index in [1.165, 1.54) is 0 Å². The van der Waals surface area contributed by atoms with Crippen LogP contribution in [0.1, 0.15) is 6.92 Å². The van der Waals surface area contributed by atoms with Crippen LogP contribution >= 0.6 is 23.2 Å². The summed E-state index contributed by atoms with van der Waals surface area (Å²) in [7, 11) is 0. The average Bonchev–Trinajstić information content (AvgIpc) is 2.89. The smallest absolute Gasteiger partial charge is 0.0710 e. The first-order chi connectivity index (χ1) is 9.08. The Bertz CT molecular complexity index is 909. The van der Waals surface area contributed by atoms with E-state index in [4.69, 9.17) is 23.2 Å². The van der Waals surface area contributed by atoms with Crippen molar-refractivity contribution >= 4 is 56.6 Å². The van der Waals surface area contributed by atoms with Gasteiger partial charge in [-0.1, -0.05) is 41.9 Å². The number of rotatable bonds is 1. The summed E-state index contributed by atoms with van der Waals surface area (Å²) in [5.41, 5.74) is 2.07. The molecule has 2 nitrogen and oxygen atoms in total. The Morgan fingerprint density at radius 3 is 2.74 bits per heavy atom. The Morgan fingerprint density at radius 1 is 1.21 bits per heavy atom. The molecule has 0 saturated carbocycles. The number of allylic oxidation sites excluding steroid dienone is 2. The molecule has 19 heavy (non-hydrogen) atoms. The third-order valence-electron chi connectivity index (χ3n) is 3.14. The van der Waals surface area contributed by atoms with E-state index < -0.39 is 0 Å². The van der Waals surface area contributed by atoms with Gasteiger partial charge >= 0.3 is 0 Å². The Kier molecular flexibility index (Phi) is 2.92. The molecule has 0 aliphatic rings. The summed E-state index contributed by atoms with van der Waals surface area (Å²) in [4.78, 5) is 6.52. The van der Waals surface area contributed by atoms with Crippen molar-refractivity contribution in [2.45, 2.75) is 6.92 Å². The minimum atomic E-state index is 0.592. The lowest BCUT2D eigenvalue weighted by molar-refractivity contribution is 1.36. The molecule has 0 saturated heterocycles. The quantitative estimate of drug-likeness (QED) is 0.687. The third-order valence-corrected chi connectivity index (χ3v) is 3.55. The van der Waals surface area contributed by atoms with E-state index in [1.54, 1.807) is 13.0 Å². The van der Waals surface area contributed by atoms with E-state index in [2.05, 4.69) is 22.6 Å². The van der Waals surface area contributed by atoms with Gasteiger partial charge in [-0.2, -0.15) is 0 Å². The van der Waals surface area contributed by atoms with Gasteiger partial charge < -0.3 is 9.97 Å². The Hall–Kier alpha value is -1.64. The van der Waals surface area contributed by atoms with Crippen LogP contribution in [-0.2, 0) is 0 Å². The molecule has 3 aromatic rings. The van der Waals surface area contributed by atoms with Gasteiger partial charge in [0.25, 0.3) is 0 Å². The number of hydrogen-bond acceptors (Lipinski definition) is 0. The fourth-order valence-corrected chi connectivity index (χ4v) is 2.91. The summed E-state index contributed by atoms with van der Waals surface area (Å²) in [5.74, 6) is 0. The molecular weight excluding hydrogens is 279 g/mol. The predicted octanol–water partition coefficient (Wildman–Crippen LogP) is 3.55. The van der Waals surface area contributed by atoms with Gasteiger partial charge in [-0.25, -0.2) is 0 Å². The highest BCUT2D eigenvalue weighted by molar-refractivity contribution is 6.48. The van der Waals surface area contributed by atoms with Crippen molar-refractivity contribution in [1.82, 2.24) is 9.97 Å². The predicted molar refractivity (Wildman–Crippen MR) is 83.8 cm³/mol. The van der Waals surface area contributed by atoms with Gasteiger partial charge in [0, 0.05) is 32.6 Å². The van der Waals surface area contributed by atoms with Crippen LogP contribution in [0.4, 0.5) is 0 Å². The van der Waals surface area contributed by atoms with Gasteiger partial charge in [0.1, 0.15) is 0 Å². The summed E-state index contributed by atoms with van der Waals surface area (Å²) in [6.07, 6.45) is 3.65. The Labute approximate surface area is 120 Å². The number of benzene rings is 1. The molecule has 3 rings (SSSR count). The maximum absolute atomic E-state index is 6.34. The van der Waals surface area contributed by atoms with Gasteiger partial charge in [0.05, 0.1) is 16.1 Å². The number of hydrogen-bond donors (Lipinski definition) is 2. The lowest BCUT2D eigenvalue weighted by Gasteiger charge is -1.94. The molecule has 2 heterocycles. The average molecular weight is 291 g/mol. The lowest BCUT2D eigenvalue weighted by Crippen LogP contribution is -2.22. The second kappa shape index (κ2) is 4.48. The molecule has 0 spiro atoms. The monoisotopic (exact) mass is 290 g/mol. The van der Waals surface area contributed by atoms with Gasteiger partial charge in [-0.05, 0) is 19.1 Å². The van der Waals surface area contributed by atoms with E-state index in [-0.39, 0.29) is 0 Å². The maximum Gasteiger partial charge on any atom is 0.0710 e. The topological polar surface area (TPSA) is 31.6 Å². The summed E-state index contributed by atoms with van der Waals surface area (Å²) in [5, 5.41) is 5.11. The van der Waals surface area contributed by atoms with Crippen LogP contribution in [0.25, 0.3) is 33.4 Å². The molecule has 2 N–H and O–H groups in total. The van der Waals surface area contributed by atoms with Crippen molar-refractivity contribution in [3.63, 3.8) is 0 Å². The molecule has 0 radical (unpaired) electrons. The minimum absolute atomic E-state index is 0.592. The largest absolute Gasteiger partial charge is 0.359 e.